The summed E-state index contributed by atoms with van der Waals surface area (Å²) in [5, 5.41) is 19.0. The molecule has 0 bridgehead atoms. The summed E-state index contributed by atoms with van der Waals surface area (Å²) in [5.41, 5.74) is 3.23. The number of rotatable bonds is 5. The molecule has 1 fully saturated rings. The Kier molecular flexibility index (Phi) is 5.20. The van der Waals surface area contributed by atoms with Gasteiger partial charge in [0.1, 0.15) is 11.4 Å². The van der Waals surface area contributed by atoms with Gasteiger partial charge < -0.3 is 10.4 Å². The molecule has 4 rings (SSSR count). The molecule has 1 aromatic carbocycles. The molecule has 1 aliphatic heterocycles. The summed E-state index contributed by atoms with van der Waals surface area (Å²) in [5.74, 6) is 0.196. The zero-order chi connectivity index (χ0) is 19.8. The van der Waals surface area contributed by atoms with Crippen LogP contribution in [0.2, 0.25) is 0 Å². The van der Waals surface area contributed by atoms with E-state index in [1.807, 2.05) is 31.0 Å². The molecule has 2 N–H and O–H groups in total. The summed E-state index contributed by atoms with van der Waals surface area (Å²) in [7, 11) is 0. The molecule has 1 saturated heterocycles. The van der Waals surface area contributed by atoms with E-state index in [1.165, 1.54) is 11.3 Å². The first-order valence-corrected chi connectivity index (χ1v) is 10.1. The van der Waals surface area contributed by atoms with Crippen LogP contribution in [0.5, 0.6) is 5.75 Å². The zero-order valence-corrected chi connectivity index (χ0v) is 16.6. The maximum absolute atomic E-state index is 12.5. The maximum Gasteiger partial charge on any atom is 0.251 e. The second-order valence-corrected chi connectivity index (χ2v) is 8.37. The van der Waals surface area contributed by atoms with Crippen molar-refractivity contribution in [2.24, 2.45) is 0 Å². The summed E-state index contributed by atoms with van der Waals surface area (Å²) in [6.07, 6.45) is 1.24. The van der Waals surface area contributed by atoms with Crippen molar-refractivity contribution in [2.45, 2.75) is 39.2 Å². The number of fused-ring (bicyclic) bond motifs is 1. The Balaban J connectivity index is 1.45. The number of nitrogens with one attached hydrogen (secondary N) is 1. The van der Waals surface area contributed by atoms with Crippen molar-refractivity contribution in [2.75, 3.05) is 25.0 Å². The molecule has 28 heavy (non-hydrogen) atoms. The molecule has 0 radical (unpaired) electrons. The van der Waals surface area contributed by atoms with Crippen LogP contribution in [-0.2, 0) is 0 Å². The number of hydrogen-bond acceptors (Lipinski definition) is 6. The highest BCUT2D eigenvalue weighted by atomic mass is 32.1. The molecule has 2 aromatic heterocycles. The molecule has 9 heteroatoms. The largest absolute Gasteiger partial charge is 0.506 e. The number of aromatic hydroxyl groups is 1. The van der Waals surface area contributed by atoms with Gasteiger partial charge in [-0.25, -0.2) is 13.5 Å². The molecule has 0 saturated carbocycles. The highest BCUT2D eigenvalue weighted by molar-refractivity contribution is 7.22. The van der Waals surface area contributed by atoms with Crippen LogP contribution in [0.25, 0.3) is 16.0 Å². The molecule has 0 spiro atoms. The van der Waals surface area contributed by atoms with Crippen molar-refractivity contribution in [3.8, 4) is 11.4 Å². The van der Waals surface area contributed by atoms with Crippen LogP contribution in [0.3, 0.4) is 0 Å². The quantitative estimate of drug-likeness (QED) is 0.671. The fourth-order valence-electron chi connectivity index (χ4n) is 3.76. The average Bonchev–Trinajstić information content (AvgIpc) is 3.13. The Hall–Kier alpha value is -2.26. The van der Waals surface area contributed by atoms with Gasteiger partial charge in [0.15, 0.2) is 10.8 Å². The summed E-state index contributed by atoms with van der Waals surface area (Å²) < 4.78 is 27.6. The van der Waals surface area contributed by atoms with Gasteiger partial charge >= 0.3 is 0 Å². The van der Waals surface area contributed by atoms with E-state index in [2.05, 4.69) is 15.4 Å². The van der Waals surface area contributed by atoms with Crippen molar-refractivity contribution in [3.05, 3.63) is 29.5 Å². The molecule has 0 unspecified atom stereocenters. The van der Waals surface area contributed by atoms with Gasteiger partial charge in [0.2, 0.25) is 0 Å². The van der Waals surface area contributed by atoms with Crippen LogP contribution < -0.4 is 5.32 Å². The van der Waals surface area contributed by atoms with Crippen LogP contribution in [-0.4, -0.2) is 56.9 Å². The molecule has 3 heterocycles. The molecule has 0 amide bonds. The minimum absolute atomic E-state index is 0.146. The number of thiazole rings is 1. The first-order valence-electron chi connectivity index (χ1n) is 9.33. The number of likely N-dealkylation sites (tertiary alicyclic amines) is 1. The van der Waals surface area contributed by atoms with Crippen molar-refractivity contribution in [3.63, 3.8) is 0 Å². The Morgan fingerprint density at radius 1 is 1.29 bits per heavy atom. The van der Waals surface area contributed by atoms with Gasteiger partial charge in [-0.2, -0.15) is 4.98 Å². The summed E-state index contributed by atoms with van der Waals surface area (Å²) in [6, 6.07) is 3.96. The van der Waals surface area contributed by atoms with Crippen molar-refractivity contribution < 1.29 is 13.9 Å². The molecular weight excluding hydrogens is 384 g/mol. The van der Waals surface area contributed by atoms with Gasteiger partial charge in [0.25, 0.3) is 6.43 Å². The van der Waals surface area contributed by atoms with E-state index in [0.717, 1.165) is 33.8 Å². The lowest BCUT2D eigenvalue weighted by molar-refractivity contribution is 0.0769. The second kappa shape index (κ2) is 7.63. The van der Waals surface area contributed by atoms with E-state index in [-0.39, 0.29) is 18.3 Å². The van der Waals surface area contributed by atoms with E-state index >= 15 is 0 Å². The topological polar surface area (TPSA) is 66.2 Å². The highest BCUT2D eigenvalue weighted by Crippen LogP contribution is 2.31. The number of phenols is 1. The van der Waals surface area contributed by atoms with Crippen LogP contribution in [0, 0.1) is 13.8 Å². The Labute approximate surface area is 165 Å². The smallest absolute Gasteiger partial charge is 0.251 e. The average molecular weight is 407 g/mol. The zero-order valence-electron chi connectivity index (χ0n) is 15.8. The predicted molar refractivity (Wildman–Crippen MR) is 107 cm³/mol. The number of benzene rings is 1. The normalized spacial score (nSPS) is 16.3. The minimum atomic E-state index is -2.27. The van der Waals surface area contributed by atoms with Gasteiger partial charge in [-0.1, -0.05) is 17.4 Å². The SMILES string of the molecule is Cc1cc(C)c(-n2cc3sc(NC4CCN(CC(F)F)CC4)nc3n2)c(O)c1. The molecule has 6 nitrogen and oxygen atoms in total. The third kappa shape index (κ3) is 3.95. The Bertz CT molecular complexity index is 924. The molecule has 0 aliphatic carbocycles. The lowest BCUT2D eigenvalue weighted by Crippen LogP contribution is -2.41. The Morgan fingerprint density at radius 2 is 2.04 bits per heavy atom. The Morgan fingerprint density at radius 3 is 2.68 bits per heavy atom. The summed E-state index contributed by atoms with van der Waals surface area (Å²) in [4.78, 5) is 6.37. The van der Waals surface area contributed by atoms with Gasteiger partial charge in [-0.15, -0.1) is 5.10 Å². The third-order valence-electron chi connectivity index (χ3n) is 5.04. The van der Waals surface area contributed by atoms with Crippen molar-refractivity contribution in [1.29, 1.82) is 0 Å². The van der Waals surface area contributed by atoms with E-state index < -0.39 is 6.43 Å². The summed E-state index contributed by atoms with van der Waals surface area (Å²) in [6.45, 7) is 5.08. The van der Waals surface area contributed by atoms with E-state index in [4.69, 9.17) is 0 Å². The highest BCUT2D eigenvalue weighted by Gasteiger charge is 2.22. The first-order chi connectivity index (χ1) is 13.4. The number of piperidine rings is 1. The molecular formula is C19H23F2N5OS. The van der Waals surface area contributed by atoms with E-state index in [1.54, 1.807) is 10.7 Å². The van der Waals surface area contributed by atoms with Crippen LogP contribution >= 0.6 is 11.3 Å². The molecule has 1 aliphatic rings. The number of phenolic OH excluding ortho intramolecular Hbond substituents is 1. The lowest BCUT2D eigenvalue weighted by atomic mass is 10.1. The van der Waals surface area contributed by atoms with Crippen molar-refractivity contribution >= 4 is 26.8 Å². The number of aryl methyl sites for hydroxylation is 2. The monoisotopic (exact) mass is 407 g/mol. The fraction of sp³-hybridized carbons (Fsp3) is 0.474. The first kappa shape index (κ1) is 19.1. The minimum Gasteiger partial charge on any atom is -0.506 e. The third-order valence-corrected chi connectivity index (χ3v) is 5.95. The van der Waals surface area contributed by atoms with E-state index in [0.29, 0.717) is 24.4 Å². The van der Waals surface area contributed by atoms with Crippen LogP contribution in [0.4, 0.5) is 13.9 Å². The number of alkyl halides is 2. The number of halogens is 2. The van der Waals surface area contributed by atoms with Crippen LogP contribution in [0.1, 0.15) is 24.0 Å². The second-order valence-electron chi connectivity index (χ2n) is 7.34. The number of nitrogens with zero attached hydrogens (tertiary/aromatic N) is 4. The van der Waals surface area contributed by atoms with Gasteiger partial charge in [0, 0.05) is 19.1 Å². The molecule has 0 atom stereocenters. The van der Waals surface area contributed by atoms with E-state index in [9.17, 15) is 13.9 Å². The van der Waals surface area contributed by atoms with Gasteiger partial charge in [0.05, 0.1) is 17.4 Å². The number of anilines is 1. The van der Waals surface area contributed by atoms with Gasteiger partial charge in [-0.3, -0.25) is 4.90 Å². The van der Waals surface area contributed by atoms with Crippen molar-refractivity contribution in [1.82, 2.24) is 19.7 Å². The van der Waals surface area contributed by atoms with Gasteiger partial charge in [-0.05, 0) is 43.9 Å². The molecule has 3 aromatic rings. The molecule has 150 valence electrons. The number of aromatic nitrogens is 3. The fourth-order valence-corrected chi connectivity index (χ4v) is 4.66. The maximum atomic E-state index is 12.5. The predicted octanol–water partition coefficient (Wildman–Crippen LogP) is 3.95. The number of hydrogen-bond donors (Lipinski definition) is 2. The lowest BCUT2D eigenvalue weighted by Gasteiger charge is -2.31. The standard InChI is InChI=1S/C19H23F2N5OS/c1-11-7-12(2)17(14(27)8-11)26-9-15-18(24-26)23-19(28-15)22-13-3-5-25(6-4-13)10-16(20)21/h7-9,13,16,27H,3-6,10H2,1-2H3,(H,22,23,24). The summed E-state index contributed by atoms with van der Waals surface area (Å²) >= 11 is 1.51. The van der Waals surface area contributed by atoms with Crippen LogP contribution in [0.15, 0.2) is 18.3 Å².